The van der Waals surface area contributed by atoms with Gasteiger partial charge >= 0.3 is 6.03 Å². The lowest BCUT2D eigenvalue weighted by Gasteiger charge is -2.35. The van der Waals surface area contributed by atoms with Gasteiger partial charge in [-0.2, -0.15) is 0 Å². The Morgan fingerprint density at radius 2 is 2.00 bits per heavy atom. The number of hydrogen-bond donors (Lipinski definition) is 2. The molecule has 1 heterocycles. The summed E-state index contributed by atoms with van der Waals surface area (Å²) in [4.78, 5) is 37.9. The molecule has 1 aliphatic heterocycles. The number of amides is 4. The van der Waals surface area contributed by atoms with E-state index in [1.807, 2.05) is 0 Å². The van der Waals surface area contributed by atoms with E-state index in [9.17, 15) is 14.4 Å². The van der Waals surface area contributed by atoms with Crippen LogP contribution in [0, 0.1) is 0 Å². The lowest BCUT2D eigenvalue weighted by atomic mass is 10.00. The van der Waals surface area contributed by atoms with Gasteiger partial charge in [0.15, 0.2) is 0 Å². The van der Waals surface area contributed by atoms with Gasteiger partial charge in [-0.25, -0.2) is 4.79 Å². The molecule has 23 heavy (non-hydrogen) atoms. The first-order chi connectivity index (χ1) is 11.0. The van der Waals surface area contributed by atoms with Crippen LogP contribution in [0.1, 0.15) is 38.3 Å². The number of urea groups is 1. The van der Waals surface area contributed by atoms with E-state index in [0.717, 1.165) is 10.5 Å². The molecule has 124 valence electrons. The maximum absolute atomic E-state index is 12.4. The van der Waals surface area contributed by atoms with Crippen LogP contribution >= 0.6 is 11.6 Å². The van der Waals surface area contributed by atoms with E-state index in [0.29, 0.717) is 18.0 Å². The quantitative estimate of drug-likeness (QED) is 0.864. The fourth-order valence-corrected chi connectivity index (χ4v) is 2.77. The van der Waals surface area contributed by atoms with Crippen molar-refractivity contribution in [1.82, 2.24) is 15.5 Å². The first kappa shape index (κ1) is 17.3. The van der Waals surface area contributed by atoms with Crippen LogP contribution in [0.4, 0.5) is 4.79 Å². The molecule has 2 rings (SSSR count). The first-order valence-corrected chi connectivity index (χ1v) is 8.01. The Morgan fingerprint density at radius 1 is 1.35 bits per heavy atom. The van der Waals surface area contributed by atoms with Crippen LogP contribution < -0.4 is 10.6 Å². The van der Waals surface area contributed by atoms with Crippen molar-refractivity contribution in [3.63, 3.8) is 0 Å². The first-order valence-electron chi connectivity index (χ1n) is 7.63. The molecular weight excluding hydrogens is 318 g/mol. The van der Waals surface area contributed by atoms with Crippen molar-refractivity contribution in [3.8, 4) is 0 Å². The van der Waals surface area contributed by atoms with E-state index >= 15 is 0 Å². The van der Waals surface area contributed by atoms with Gasteiger partial charge in [0, 0.05) is 11.6 Å². The van der Waals surface area contributed by atoms with E-state index in [2.05, 4.69) is 10.6 Å². The summed E-state index contributed by atoms with van der Waals surface area (Å²) in [5.74, 6) is -0.671. The zero-order valence-electron chi connectivity index (χ0n) is 13.1. The van der Waals surface area contributed by atoms with Gasteiger partial charge in [0.25, 0.3) is 0 Å². The second-order valence-electron chi connectivity index (χ2n) is 5.34. The standard InChI is InChI=1S/C16H20ClN3O3/c1-3-13(15(22)18-4-2)20-14(21)9-12(19-16(20)23)10-5-7-11(17)8-6-10/h5-8,12-13H,3-4,9H2,1-2H3,(H,18,22)(H,19,23). The van der Waals surface area contributed by atoms with E-state index in [1.165, 1.54) is 0 Å². The lowest BCUT2D eigenvalue weighted by Crippen LogP contribution is -2.59. The summed E-state index contributed by atoms with van der Waals surface area (Å²) in [6.45, 7) is 4.01. The van der Waals surface area contributed by atoms with Crippen molar-refractivity contribution >= 4 is 29.4 Å². The van der Waals surface area contributed by atoms with Gasteiger partial charge < -0.3 is 10.6 Å². The molecule has 0 spiro atoms. The van der Waals surface area contributed by atoms with Gasteiger partial charge in [0.2, 0.25) is 11.8 Å². The molecule has 2 unspecified atom stereocenters. The highest BCUT2D eigenvalue weighted by Gasteiger charge is 2.39. The molecule has 0 aromatic heterocycles. The second kappa shape index (κ2) is 7.46. The van der Waals surface area contributed by atoms with Crippen LogP contribution in [0.3, 0.4) is 0 Å². The highest BCUT2D eigenvalue weighted by Crippen LogP contribution is 2.25. The number of nitrogens with one attached hydrogen (secondary N) is 2. The number of carbonyl (C=O) groups excluding carboxylic acids is 3. The third kappa shape index (κ3) is 3.82. The zero-order chi connectivity index (χ0) is 17.0. The third-order valence-corrected chi connectivity index (χ3v) is 4.04. The van der Waals surface area contributed by atoms with Gasteiger partial charge in [-0.05, 0) is 31.0 Å². The largest absolute Gasteiger partial charge is 0.355 e. The Kier molecular flexibility index (Phi) is 5.60. The van der Waals surface area contributed by atoms with Crippen molar-refractivity contribution in [1.29, 1.82) is 0 Å². The number of hydrogen-bond acceptors (Lipinski definition) is 3. The molecule has 6 nitrogen and oxygen atoms in total. The molecule has 1 saturated heterocycles. The van der Waals surface area contributed by atoms with Crippen molar-refractivity contribution in [2.24, 2.45) is 0 Å². The number of benzene rings is 1. The van der Waals surface area contributed by atoms with E-state index < -0.39 is 18.1 Å². The summed E-state index contributed by atoms with van der Waals surface area (Å²) < 4.78 is 0. The van der Waals surface area contributed by atoms with Gasteiger partial charge in [-0.3, -0.25) is 14.5 Å². The van der Waals surface area contributed by atoms with Crippen LogP contribution in [0.25, 0.3) is 0 Å². The van der Waals surface area contributed by atoms with Crippen LogP contribution in [-0.4, -0.2) is 35.3 Å². The van der Waals surface area contributed by atoms with Crippen molar-refractivity contribution < 1.29 is 14.4 Å². The lowest BCUT2D eigenvalue weighted by molar-refractivity contribution is -0.138. The summed E-state index contributed by atoms with van der Waals surface area (Å²) in [7, 11) is 0. The van der Waals surface area contributed by atoms with E-state index in [1.54, 1.807) is 38.1 Å². The average molecular weight is 338 g/mol. The molecule has 1 aromatic rings. The molecule has 0 saturated carbocycles. The third-order valence-electron chi connectivity index (χ3n) is 3.79. The molecule has 2 N–H and O–H groups in total. The summed E-state index contributed by atoms with van der Waals surface area (Å²) in [6, 6.07) is 5.24. The van der Waals surface area contributed by atoms with E-state index in [-0.39, 0.29) is 18.2 Å². The van der Waals surface area contributed by atoms with Crippen LogP contribution in [-0.2, 0) is 9.59 Å². The molecule has 1 aliphatic rings. The Labute approximate surface area is 140 Å². The van der Waals surface area contributed by atoms with Gasteiger partial charge in [0.05, 0.1) is 12.5 Å². The fraction of sp³-hybridized carbons (Fsp3) is 0.438. The number of rotatable bonds is 5. The van der Waals surface area contributed by atoms with Crippen molar-refractivity contribution in [3.05, 3.63) is 34.9 Å². The van der Waals surface area contributed by atoms with Crippen molar-refractivity contribution in [2.45, 2.75) is 38.8 Å². The molecule has 2 atom stereocenters. The van der Waals surface area contributed by atoms with Gasteiger partial charge in [-0.15, -0.1) is 0 Å². The highest BCUT2D eigenvalue weighted by atomic mass is 35.5. The summed E-state index contributed by atoms with van der Waals surface area (Å²) in [5, 5.41) is 6.03. The number of likely N-dealkylation sites (N-methyl/N-ethyl adjacent to an activating group) is 1. The van der Waals surface area contributed by atoms with Crippen LogP contribution in [0.2, 0.25) is 5.02 Å². The predicted molar refractivity (Wildman–Crippen MR) is 87.0 cm³/mol. The normalized spacial score (nSPS) is 19.3. The number of halogens is 1. The Morgan fingerprint density at radius 3 is 2.52 bits per heavy atom. The minimum absolute atomic E-state index is 0.114. The average Bonchev–Trinajstić information content (AvgIpc) is 2.51. The van der Waals surface area contributed by atoms with Gasteiger partial charge in [-0.1, -0.05) is 30.7 Å². The highest BCUT2D eigenvalue weighted by molar-refractivity contribution is 6.30. The number of nitrogens with zero attached hydrogens (tertiary/aromatic N) is 1. The van der Waals surface area contributed by atoms with Crippen LogP contribution in [0.15, 0.2) is 24.3 Å². The number of imide groups is 1. The minimum Gasteiger partial charge on any atom is -0.355 e. The summed E-state index contributed by atoms with van der Waals surface area (Å²) in [5.41, 5.74) is 0.807. The Balaban J connectivity index is 2.16. The molecule has 0 bridgehead atoms. The topological polar surface area (TPSA) is 78.5 Å². The maximum atomic E-state index is 12.4. The molecule has 0 radical (unpaired) electrons. The fourth-order valence-electron chi connectivity index (χ4n) is 2.64. The minimum atomic E-state index is -0.784. The zero-order valence-corrected chi connectivity index (χ0v) is 13.9. The van der Waals surface area contributed by atoms with E-state index in [4.69, 9.17) is 11.6 Å². The summed E-state index contributed by atoms with van der Waals surface area (Å²) in [6.07, 6.45) is 0.486. The van der Waals surface area contributed by atoms with Gasteiger partial charge in [0.1, 0.15) is 6.04 Å². The van der Waals surface area contributed by atoms with Crippen LogP contribution in [0.5, 0.6) is 0 Å². The maximum Gasteiger partial charge on any atom is 0.325 e. The smallest absolute Gasteiger partial charge is 0.325 e. The predicted octanol–water partition coefficient (Wildman–Crippen LogP) is 2.24. The SMILES string of the molecule is CCNC(=O)C(CC)N1C(=O)CC(c2ccc(Cl)cc2)NC1=O. The monoisotopic (exact) mass is 337 g/mol. The molecule has 4 amide bonds. The molecule has 7 heteroatoms. The molecule has 0 aliphatic carbocycles. The molecular formula is C16H20ClN3O3. The summed E-state index contributed by atoms with van der Waals surface area (Å²) >= 11 is 5.85. The molecule has 1 fully saturated rings. The number of carbonyl (C=O) groups is 3. The Hall–Kier alpha value is -2.08. The van der Waals surface area contributed by atoms with Crippen molar-refractivity contribution in [2.75, 3.05) is 6.54 Å². The Bertz CT molecular complexity index is 585. The molecule has 1 aromatic carbocycles. The second-order valence-corrected chi connectivity index (χ2v) is 5.78.